The highest BCUT2D eigenvalue weighted by molar-refractivity contribution is 6.30. The first-order valence-electron chi connectivity index (χ1n) is 11.7. The number of likely N-dealkylation sites (tertiary alicyclic amines) is 1. The van der Waals surface area contributed by atoms with Crippen molar-refractivity contribution in [3.05, 3.63) is 89.3 Å². The number of amides is 1. The summed E-state index contributed by atoms with van der Waals surface area (Å²) in [5.41, 5.74) is 3.14. The van der Waals surface area contributed by atoms with E-state index in [1.807, 2.05) is 22.9 Å². The van der Waals surface area contributed by atoms with Crippen LogP contribution in [0.25, 0.3) is 11.4 Å². The molecule has 8 nitrogen and oxygen atoms in total. The lowest BCUT2D eigenvalue weighted by Crippen LogP contribution is -2.42. The molecule has 4 aromatic rings. The Kier molecular flexibility index (Phi) is 7.20. The monoisotopic (exact) mass is 490 g/mol. The molecule has 3 heterocycles. The van der Waals surface area contributed by atoms with Gasteiger partial charge in [0, 0.05) is 42.6 Å². The summed E-state index contributed by atoms with van der Waals surface area (Å²) in [6.07, 6.45) is 7.36. The number of rotatable bonds is 8. The molecule has 1 amide bonds. The fourth-order valence-corrected chi connectivity index (χ4v) is 4.45. The summed E-state index contributed by atoms with van der Waals surface area (Å²) in [6, 6.07) is 15.6. The topological polar surface area (TPSA) is 89.1 Å². The lowest BCUT2D eigenvalue weighted by molar-refractivity contribution is -0.127. The molecule has 1 saturated heterocycles. The van der Waals surface area contributed by atoms with Crippen molar-refractivity contribution in [1.82, 2.24) is 29.9 Å². The molecule has 0 bridgehead atoms. The second-order valence-corrected chi connectivity index (χ2v) is 9.30. The van der Waals surface area contributed by atoms with Gasteiger partial charge in [-0.05, 0) is 54.8 Å². The molecule has 0 saturated carbocycles. The van der Waals surface area contributed by atoms with Crippen LogP contribution in [0, 0.1) is 5.92 Å². The SMILES string of the molecule is O=C(NCc1ccc(Cn2ccnc2)cc1)C1CCCN(Cc2nc(-c3ccc(Cl)cc3)no2)C1. The molecule has 1 aliphatic rings. The average molecular weight is 491 g/mol. The second kappa shape index (κ2) is 10.8. The van der Waals surface area contributed by atoms with Crippen LogP contribution in [0.1, 0.15) is 29.9 Å². The Hall–Kier alpha value is -3.49. The van der Waals surface area contributed by atoms with Crippen molar-refractivity contribution in [1.29, 1.82) is 0 Å². The van der Waals surface area contributed by atoms with Crippen molar-refractivity contribution in [2.75, 3.05) is 13.1 Å². The summed E-state index contributed by atoms with van der Waals surface area (Å²) >= 11 is 5.95. The summed E-state index contributed by atoms with van der Waals surface area (Å²) in [6.45, 7) is 3.42. The van der Waals surface area contributed by atoms with Gasteiger partial charge in [0.25, 0.3) is 0 Å². The van der Waals surface area contributed by atoms with Gasteiger partial charge >= 0.3 is 0 Å². The van der Waals surface area contributed by atoms with E-state index in [1.165, 1.54) is 5.56 Å². The van der Waals surface area contributed by atoms with E-state index in [9.17, 15) is 4.79 Å². The number of aromatic nitrogens is 4. The van der Waals surface area contributed by atoms with Gasteiger partial charge in [-0.15, -0.1) is 0 Å². The molecular weight excluding hydrogens is 464 g/mol. The Morgan fingerprint density at radius 3 is 2.66 bits per heavy atom. The lowest BCUT2D eigenvalue weighted by Gasteiger charge is -2.30. The first kappa shape index (κ1) is 23.3. The third kappa shape index (κ3) is 6.15. The van der Waals surface area contributed by atoms with Crippen LogP contribution < -0.4 is 5.32 Å². The van der Waals surface area contributed by atoms with Crippen LogP contribution in [-0.4, -0.2) is 43.6 Å². The summed E-state index contributed by atoms with van der Waals surface area (Å²) in [5.74, 6) is 1.12. The van der Waals surface area contributed by atoms with Crippen molar-refractivity contribution in [3.63, 3.8) is 0 Å². The van der Waals surface area contributed by atoms with Crippen LogP contribution in [0.15, 0.2) is 71.8 Å². The molecule has 0 radical (unpaired) electrons. The molecule has 0 spiro atoms. The molecular formula is C26H27ClN6O2. The van der Waals surface area contributed by atoms with Crippen LogP contribution in [0.3, 0.4) is 0 Å². The molecule has 1 fully saturated rings. The zero-order valence-electron chi connectivity index (χ0n) is 19.3. The highest BCUT2D eigenvalue weighted by atomic mass is 35.5. The molecule has 1 aliphatic heterocycles. The van der Waals surface area contributed by atoms with E-state index in [-0.39, 0.29) is 11.8 Å². The van der Waals surface area contributed by atoms with Crippen molar-refractivity contribution >= 4 is 17.5 Å². The van der Waals surface area contributed by atoms with E-state index >= 15 is 0 Å². The maximum atomic E-state index is 12.9. The number of piperidine rings is 1. The largest absolute Gasteiger partial charge is 0.352 e. The van der Waals surface area contributed by atoms with E-state index < -0.39 is 0 Å². The van der Waals surface area contributed by atoms with Crippen LogP contribution in [0.4, 0.5) is 0 Å². The van der Waals surface area contributed by atoms with Gasteiger partial charge in [0.2, 0.25) is 17.6 Å². The molecule has 5 rings (SSSR count). The zero-order chi connectivity index (χ0) is 24.0. The van der Waals surface area contributed by atoms with E-state index in [0.29, 0.717) is 36.4 Å². The maximum absolute atomic E-state index is 12.9. The van der Waals surface area contributed by atoms with Crippen molar-refractivity contribution in [2.45, 2.75) is 32.5 Å². The van der Waals surface area contributed by atoms with E-state index in [1.54, 1.807) is 24.7 Å². The average Bonchev–Trinajstić information content (AvgIpc) is 3.56. The number of hydrogen-bond donors (Lipinski definition) is 1. The fraction of sp³-hybridized carbons (Fsp3) is 0.308. The number of imidazole rings is 1. The molecule has 2 aromatic heterocycles. The van der Waals surface area contributed by atoms with Crippen LogP contribution >= 0.6 is 11.6 Å². The molecule has 0 aliphatic carbocycles. The highest BCUT2D eigenvalue weighted by Crippen LogP contribution is 2.21. The standard InChI is InChI=1S/C26H27ClN6O2/c27-23-9-7-21(8-10-23)25-30-24(35-31-25)17-32-12-1-2-22(16-32)26(34)29-14-19-3-5-20(6-4-19)15-33-13-11-28-18-33/h3-11,13,18,22H,1-2,12,14-17H2,(H,29,34). The zero-order valence-corrected chi connectivity index (χ0v) is 20.1. The summed E-state index contributed by atoms with van der Waals surface area (Å²) in [5, 5.41) is 7.86. The normalized spacial score (nSPS) is 16.3. The van der Waals surface area contributed by atoms with Crippen molar-refractivity contribution in [3.8, 4) is 11.4 Å². The fourth-order valence-electron chi connectivity index (χ4n) is 4.33. The smallest absolute Gasteiger partial charge is 0.241 e. The van der Waals surface area contributed by atoms with Crippen LogP contribution in [-0.2, 0) is 24.4 Å². The molecule has 9 heteroatoms. The second-order valence-electron chi connectivity index (χ2n) is 8.86. The van der Waals surface area contributed by atoms with E-state index in [4.69, 9.17) is 16.1 Å². The summed E-state index contributed by atoms with van der Waals surface area (Å²) in [7, 11) is 0. The Morgan fingerprint density at radius 1 is 1.09 bits per heavy atom. The maximum Gasteiger partial charge on any atom is 0.241 e. The summed E-state index contributed by atoms with van der Waals surface area (Å²) in [4.78, 5) is 23.6. The van der Waals surface area contributed by atoms with Gasteiger partial charge in [-0.3, -0.25) is 9.69 Å². The quantitative estimate of drug-likeness (QED) is 0.399. The first-order chi connectivity index (χ1) is 17.1. The number of hydrogen-bond acceptors (Lipinski definition) is 6. The van der Waals surface area contributed by atoms with Gasteiger partial charge in [-0.1, -0.05) is 41.0 Å². The van der Waals surface area contributed by atoms with Crippen LogP contribution in [0.2, 0.25) is 5.02 Å². The van der Waals surface area contributed by atoms with Gasteiger partial charge in [0.05, 0.1) is 18.8 Å². The summed E-state index contributed by atoms with van der Waals surface area (Å²) < 4.78 is 7.48. The van der Waals surface area contributed by atoms with Gasteiger partial charge in [-0.2, -0.15) is 4.98 Å². The molecule has 1 N–H and O–H groups in total. The number of halogens is 1. The van der Waals surface area contributed by atoms with Crippen LogP contribution in [0.5, 0.6) is 0 Å². The van der Waals surface area contributed by atoms with Gasteiger partial charge in [0.15, 0.2) is 0 Å². The Labute approximate surface area is 208 Å². The van der Waals surface area contributed by atoms with Gasteiger partial charge in [-0.25, -0.2) is 4.98 Å². The Bertz CT molecular complexity index is 1240. The molecule has 1 unspecified atom stereocenters. The highest BCUT2D eigenvalue weighted by Gasteiger charge is 2.26. The molecule has 180 valence electrons. The third-order valence-electron chi connectivity index (χ3n) is 6.22. The third-order valence-corrected chi connectivity index (χ3v) is 6.47. The van der Waals surface area contributed by atoms with Gasteiger partial charge < -0.3 is 14.4 Å². The number of benzene rings is 2. The predicted octanol–water partition coefficient (Wildman–Crippen LogP) is 4.16. The molecule has 35 heavy (non-hydrogen) atoms. The number of carbonyl (C=O) groups is 1. The minimum absolute atomic E-state index is 0.0529. The lowest BCUT2D eigenvalue weighted by atomic mass is 9.97. The number of nitrogens with zero attached hydrogens (tertiary/aromatic N) is 5. The van der Waals surface area contributed by atoms with E-state index in [0.717, 1.165) is 37.1 Å². The first-order valence-corrected chi connectivity index (χ1v) is 12.1. The van der Waals surface area contributed by atoms with Crippen molar-refractivity contribution in [2.24, 2.45) is 5.92 Å². The minimum atomic E-state index is -0.0529. The van der Waals surface area contributed by atoms with Gasteiger partial charge in [0.1, 0.15) is 0 Å². The molecule has 2 aromatic carbocycles. The van der Waals surface area contributed by atoms with Crippen molar-refractivity contribution < 1.29 is 9.32 Å². The Balaban J connectivity index is 1.11. The van der Waals surface area contributed by atoms with E-state index in [2.05, 4.69) is 49.6 Å². The number of carbonyl (C=O) groups excluding carboxylic acids is 1. The Morgan fingerprint density at radius 2 is 1.89 bits per heavy atom. The predicted molar refractivity (Wildman–Crippen MR) is 132 cm³/mol. The molecule has 1 atom stereocenters. The number of nitrogens with one attached hydrogen (secondary N) is 1. The minimum Gasteiger partial charge on any atom is -0.352 e.